The van der Waals surface area contributed by atoms with Gasteiger partial charge in [0.05, 0.1) is 6.54 Å². The van der Waals surface area contributed by atoms with Crippen molar-refractivity contribution in [3.63, 3.8) is 0 Å². The van der Waals surface area contributed by atoms with E-state index >= 15 is 0 Å². The molecule has 1 aromatic rings. The second kappa shape index (κ2) is 6.07. The second-order valence-corrected chi connectivity index (χ2v) is 7.21. The maximum Gasteiger partial charge on any atom is 0.325 e. The van der Waals surface area contributed by atoms with Crippen LogP contribution in [0.1, 0.15) is 48.0 Å². The molecule has 0 aromatic heterocycles. The van der Waals surface area contributed by atoms with Crippen LogP contribution in [-0.4, -0.2) is 34.7 Å². The number of nitrogens with one attached hydrogen (secondary N) is 1. The number of aryl methyl sites for hydroxylation is 1. The Hall–Kier alpha value is -1.69. The number of hydrogen-bond acceptors (Lipinski definition) is 3. The molecule has 1 spiro atoms. The number of nitrogens with zero attached hydrogens (tertiary/aromatic N) is 1. The monoisotopic (exact) mass is 378 g/mol. The minimum atomic E-state index is -0.773. The van der Waals surface area contributed by atoms with E-state index < -0.39 is 11.6 Å². The van der Waals surface area contributed by atoms with E-state index in [2.05, 4.69) is 21.2 Å². The summed E-state index contributed by atoms with van der Waals surface area (Å²) >= 11 is 3.39. The van der Waals surface area contributed by atoms with Crippen LogP contribution < -0.4 is 5.32 Å². The Morgan fingerprint density at radius 2 is 1.96 bits per heavy atom. The van der Waals surface area contributed by atoms with E-state index in [-0.39, 0.29) is 18.2 Å². The third-order valence-corrected chi connectivity index (χ3v) is 5.62. The van der Waals surface area contributed by atoms with Gasteiger partial charge in [0.15, 0.2) is 5.78 Å². The molecule has 2 aliphatic rings. The van der Waals surface area contributed by atoms with Crippen LogP contribution in [0.4, 0.5) is 4.79 Å². The highest BCUT2D eigenvalue weighted by molar-refractivity contribution is 9.10. The first-order valence-corrected chi connectivity index (χ1v) is 8.66. The lowest BCUT2D eigenvalue weighted by atomic mass is 9.82. The molecule has 6 heteroatoms. The van der Waals surface area contributed by atoms with Crippen LogP contribution in [0.25, 0.3) is 0 Å². The van der Waals surface area contributed by atoms with Gasteiger partial charge in [0.25, 0.3) is 5.91 Å². The third kappa shape index (κ3) is 2.92. The minimum absolute atomic E-state index is 0.201. The molecule has 3 amide bonds. The van der Waals surface area contributed by atoms with Gasteiger partial charge in [-0.3, -0.25) is 14.5 Å². The van der Waals surface area contributed by atoms with Crippen LogP contribution in [0.2, 0.25) is 0 Å². The van der Waals surface area contributed by atoms with Gasteiger partial charge in [0.1, 0.15) is 5.54 Å². The molecule has 0 radical (unpaired) electrons. The fraction of sp³-hybridized carbons (Fsp3) is 0.471. The van der Waals surface area contributed by atoms with Crippen molar-refractivity contribution < 1.29 is 14.4 Å². The van der Waals surface area contributed by atoms with Crippen LogP contribution in [0.15, 0.2) is 22.7 Å². The Morgan fingerprint density at radius 3 is 2.61 bits per heavy atom. The summed E-state index contributed by atoms with van der Waals surface area (Å²) in [6.07, 6.45) is 4.28. The molecule has 1 saturated carbocycles. The maximum atomic E-state index is 12.7. The molecule has 1 aliphatic heterocycles. The van der Waals surface area contributed by atoms with Crippen molar-refractivity contribution >= 4 is 33.7 Å². The Kier molecular flexibility index (Phi) is 4.27. The fourth-order valence-corrected chi connectivity index (χ4v) is 3.61. The topological polar surface area (TPSA) is 66.5 Å². The van der Waals surface area contributed by atoms with Crippen molar-refractivity contribution in [2.75, 3.05) is 6.54 Å². The third-order valence-electron chi connectivity index (χ3n) is 4.73. The van der Waals surface area contributed by atoms with Crippen LogP contribution in [-0.2, 0) is 4.79 Å². The molecule has 1 N–H and O–H groups in total. The zero-order chi connectivity index (χ0) is 16.6. The number of ketones is 1. The highest BCUT2D eigenvalue weighted by atomic mass is 79.9. The molecule has 0 atom stereocenters. The molecule has 1 aliphatic carbocycles. The van der Waals surface area contributed by atoms with E-state index in [0.717, 1.165) is 34.2 Å². The van der Waals surface area contributed by atoms with Gasteiger partial charge in [-0.15, -0.1) is 0 Å². The summed E-state index contributed by atoms with van der Waals surface area (Å²) in [4.78, 5) is 38.4. The van der Waals surface area contributed by atoms with Gasteiger partial charge in [-0.2, -0.15) is 0 Å². The molecule has 0 bridgehead atoms. The number of amides is 3. The summed E-state index contributed by atoms with van der Waals surface area (Å²) in [5.74, 6) is -0.471. The number of Topliss-reactive ketones (excluding diaryl/α,β-unsaturated/α-hetero) is 1. The highest BCUT2D eigenvalue weighted by Gasteiger charge is 2.51. The molecule has 122 valence electrons. The molecule has 2 fully saturated rings. The van der Waals surface area contributed by atoms with Gasteiger partial charge >= 0.3 is 6.03 Å². The number of hydrogen-bond donors (Lipinski definition) is 1. The van der Waals surface area contributed by atoms with Crippen LogP contribution in [0.3, 0.4) is 0 Å². The number of rotatable bonds is 3. The number of halogens is 1. The molecule has 0 unspecified atom stereocenters. The molecule has 1 saturated heterocycles. The fourth-order valence-electron chi connectivity index (χ4n) is 3.37. The zero-order valence-corrected chi connectivity index (χ0v) is 14.6. The standard InChI is InChI=1S/C17H19BrN2O3/c1-11-9-12(5-6-13(11)18)14(21)10-20-15(22)17(19-16(20)23)7-3-2-4-8-17/h5-6,9H,2-4,7-8,10H2,1H3,(H,19,23). The maximum absolute atomic E-state index is 12.7. The lowest BCUT2D eigenvalue weighted by molar-refractivity contribution is -0.132. The summed E-state index contributed by atoms with van der Waals surface area (Å²) in [7, 11) is 0. The van der Waals surface area contributed by atoms with E-state index in [4.69, 9.17) is 0 Å². The quantitative estimate of drug-likeness (QED) is 0.648. The lowest BCUT2D eigenvalue weighted by Crippen LogP contribution is -2.48. The predicted octanol–water partition coefficient (Wildman–Crippen LogP) is 3.19. The normalized spacial score (nSPS) is 20.0. The van der Waals surface area contributed by atoms with E-state index in [1.165, 1.54) is 0 Å². The first-order valence-electron chi connectivity index (χ1n) is 7.86. The molecule has 1 heterocycles. The summed E-state index contributed by atoms with van der Waals surface area (Å²) in [6.45, 7) is 1.69. The average Bonchev–Trinajstić information content (AvgIpc) is 2.75. The van der Waals surface area contributed by atoms with Crippen LogP contribution in [0.5, 0.6) is 0 Å². The SMILES string of the molecule is Cc1cc(C(=O)CN2C(=O)NC3(CCCCC3)C2=O)ccc1Br. The van der Waals surface area contributed by atoms with Crippen LogP contribution >= 0.6 is 15.9 Å². The summed E-state index contributed by atoms with van der Waals surface area (Å²) in [5.41, 5.74) is 0.679. The molecular formula is C17H19BrN2O3. The van der Waals surface area contributed by atoms with Gasteiger partial charge < -0.3 is 5.32 Å². The Morgan fingerprint density at radius 1 is 1.26 bits per heavy atom. The van der Waals surface area contributed by atoms with Crippen molar-refractivity contribution in [1.29, 1.82) is 0 Å². The van der Waals surface area contributed by atoms with Gasteiger partial charge in [0.2, 0.25) is 0 Å². The van der Waals surface area contributed by atoms with Gasteiger partial charge in [0, 0.05) is 10.0 Å². The van der Waals surface area contributed by atoms with Crippen molar-refractivity contribution in [2.24, 2.45) is 0 Å². The van der Waals surface area contributed by atoms with Crippen LogP contribution in [0, 0.1) is 6.92 Å². The van der Waals surface area contributed by atoms with E-state index in [9.17, 15) is 14.4 Å². The Balaban J connectivity index is 1.76. The number of benzene rings is 1. The average molecular weight is 379 g/mol. The molecule has 3 rings (SSSR count). The smallest absolute Gasteiger partial charge is 0.323 e. The molecule has 5 nitrogen and oxygen atoms in total. The highest BCUT2D eigenvalue weighted by Crippen LogP contribution is 2.33. The zero-order valence-electron chi connectivity index (χ0n) is 13.0. The molecular weight excluding hydrogens is 360 g/mol. The Labute approximate surface area is 143 Å². The number of urea groups is 1. The van der Waals surface area contributed by atoms with Gasteiger partial charge in [-0.05, 0) is 37.5 Å². The summed E-state index contributed by atoms with van der Waals surface area (Å²) in [5, 5.41) is 2.82. The minimum Gasteiger partial charge on any atom is -0.323 e. The van der Waals surface area contributed by atoms with Gasteiger partial charge in [-0.25, -0.2) is 4.79 Å². The van der Waals surface area contributed by atoms with E-state index in [1.54, 1.807) is 18.2 Å². The van der Waals surface area contributed by atoms with Gasteiger partial charge in [-0.1, -0.05) is 41.3 Å². The number of carbonyl (C=O) groups is 3. The van der Waals surface area contributed by atoms with Crippen molar-refractivity contribution in [3.05, 3.63) is 33.8 Å². The number of carbonyl (C=O) groups excluding carboxylic acids is 3. The first-order chi connectivity index (χ1) is 10.9. The second-order valence-electron chi connectivity index (χ2n) is 6.35. The van der Waals surface area contributed by atoms with E-state index in [0.29, 0.717) is 18.4 Å². The predicted molar refractivity (Wildman–Crippen MR) is 89.3 cm³/mol. The van der Waals surface area contributed by atoms with Crippen molar-refractivity contribution in [3.8, 4) is 0 Å². The Bertz CT molecular complexity index is 680. The molecule has 1 aromatic carbocycles. The lowest BCUT2D eigenvalue weighted by Gasteiger charge is -2.30. The molecule has 23 heavy (non-hydrogen) atoms. The van der Waals surface area contributed by atoms with Crippen molar-refractivity contribution in [1.82, 2.24) is 10.2 Å². The van der Waals surface area contributed by atoms with E-state index in [1.807, 2.05) is 6.92 Å². The first kappa shape index (κ1) is 16.2. The van der Waals surface area contributed by atoms with Crippen molar-refractivity contribution in [2.45, 2.75) is 44.6 Å². The largest absolute Gasteiger partial charge is 0.325 e. The summed E-state index contributed by atoms with van der Waals surface area (Å²) < 4.78 is 0.921. The number of imide groups is 1. The summed E-state index contributed by atoms with van der Waals surface area (Å²) in [6, 6.07) is 4.83.